The van der Waals surface area contributed by atoms with Gasteiger partial charge in [0, 0.05) is 6.20 Å². The van der Waals surface area contributed by atoms with E-state index in [9.17, 15) is 9.59 Å². The Hall–Kier alpha value is -2.15. The van der Waals surface area contributed by atoms with Gasteiger partial charge >= 0.3 is 5.97 Å². The predicted molar refractivity (Wildman–Crippen MR) is 64.9 cm³/mol. The fraction of sp³-hybridized carbons (Fsp3) is 0.417. The topological polar surface area (TPSA) is 97.8 Å². The Morgan fingerprint density at radius 1 is 1.47 bits per heavy atom. The molecule has 0 spiro atoms. The summed E-state index contributed by atoms with van der Waals surface area (Å²) in [6, 6.07) is 3.31. The highest BCUT2D eigenvalue weighted by atomic mass is 16.5. The average Bonchev–Trinajstić information content (AvgIpc) is 2.89. The van der Waals surface area contributed by atoms with Crippen LogP contribution in [0, 0.1) is 0 Å². The highest BCUT2D eigenvalue weighted by molar-refractivity contribution is 5.95. The number of pyridine rings is 1. The van der Waals surface area contributed by atoms with Crippen LogP contribution in [0.1, 0.15) is 12.8 Å². The number of nitrogens with one attached hydrogen (secondary N) is 1. The Morgan fingerprint density at radius 2 is 2.21 bits per heavy atom. The lowest BCUT2D eigenvalue weighted by molar-refractivity contribution is -0.150. The Kier molecular flexibility index (Phi) is 3.96. The average molecular weight is 266 g/mol. The molecule has 0 bridgehead atoms. The second-order valence-electron chi connectivity index (χ2n) is 4.08. The van der Waals surface area contributed by atoms with Crippen LogP contribution in [0.4, 0.5) is 5.69 Å². The summed E-state index contributed by atoms with van der Waals surface area (Å²) in [5, 5.41) is 11.4. The second-order valence-corrected chi connectivity index (χ2v) is 4.08. The molecule has 2 N–H and O–H groups in total. The maximum Gasteiger partial charge on any atom is 0.332 e. The molecule has 1 fully saturated rings. The minimum atomic E-state index is -1.05. The van der Waals surface area contributed by atoms with Gasteiger partial charge in [-0.3, -0.25) is 4.79 Å². The van der Waals surface area contributed by atoms with Crippen LogP contribution in [0.5, 0.6) is 5.88 Å². The molecule has 1 aromatic rings. The van der Waals surface area contributed by atoms with E-state index in [-0.39, 0.29) is 0 Å². The molecule has 2 rings (SSSR count). The summed E-state index contributed by atoms with van der Waals surface area (Å²) in [5.41, 5.74) is 0.428. The molecule has 0 radical (unpaired) electrons. The summed E-state index contributed by atoms with van der Waals surface area (Å²) in [7, 11) is 1.45. The van der Waals surface area contributed by atoms with E-state index in [1.807, 2.05) is 0 Å². The van der Waals surface area contributed by atoms with Crippen molar-refractivity contribution in [3.05, 3.63) is 18.3 Å². The van der Waals surface area contributed by atoms with Gasteiger partial charge in [-0.1, -0.05) is 0 Å². The summed E-state index contributed by atoms with van der Waals surface area (Å²) in [5.74, 6) is -1.15. The molecule has 0 aromatic carbocycles. The second kappa shape index (κ2) is 5.66. The Morgan fingerprint density at radius 3 is 2.84 bits per heavy atom. The SMILES string of the molecule is COc1ncccc1NC(=O)C1CCC(C(=O)O)O1. The first-order valence-corrected chi connectivity index (χ1v) is 5.80. The number of aliphatic carboxylic acids is 1. The van der Waals surface area contributed by atoms with Gasteiger partial charge in [-0.05, 0) is 25.0 Å². The van der Waals surface area contributed by atoms with Crippen molar-refractivity contribution in [2.24, 2.45) is 0 Å². The third-order valence-corrected chi connectivity index (χ3v) is 2.81. The van der Waals surface area contributed by atoms with Crippen LogP contribution in [-0.2, 0) is 14.3 Å². The van der Waals surface area contributed by atoms with Crippen LogP contribution in [0.25, 0.3) is 0 Å². The third kappa shape index (κ3) is 3.00. The van der Waals surface area contributed by atoms with E-state index in [0.29, 0.717) is 24.4 Å². The molecule has 7 heteroatoms. The van der Waals surface area contributed by atoms with Gasteiger partial charge in [-0.2, -0.15) is 0 Å². The van der Waals surface area contributed by atoms with Gasteiger partial charge in [0.05, 0.1) is 7.11 Å². The zero-order valence-electron chi connectivity index (χ0n) is 10.3. The number of nitrogens with zero attached hydrogens (tertiary/aromatic N) is 1. The minimum absolute atomic E-state index is 0.295. The van der Waals surface area contributed by atoms with Crippen LogP contribution in [0.3, 0.4) is 0 Å². The molecule has 102 valence electrons. The molecule has 19 heavy (non-hydrogen) atoms. The lowest BCUT2D eigenvalue weighted by Gasteiger charge is -2.13. The third-order valence-electron chi connectivity index (χ3n) is 2.81. The van der Waals surface area contributed by atoms with Crippen LogP contribution >= 0.6 is 0 Å². The van der Waals surface area contributed by atoms with E-state index < -0.39 is 24.1 Å². The molecule has 1 aliphatic heterocycles. The number of carboxylic acids is 1. The summed E-state index contributed by atoms with van der Waals surface area (Å²) < 4.78 is 10.2. The van der Waals surface area contributed by atoms with E-state index in [4.69, 9.17) is 14.6 Å². The number of aromatic nitrogens is 1. The number of methoxy groups -OCH3 is 1. The minimum Gasteiger partial charge on any atom is -0.480 e. The van der Waals surface area contributed by atoms with E-state index in [1.165, 1.54) is 7.11 Å². The largest absolute Gasteiger partial charge is 0.480 e. The fourth-order valence-electron chi connectivity index (χ4n) is 1.87. The van der Waals surface area contributed by atoms with Crippen molar-refractivity contribution in [3.63, 3.8) is 0 Å². The molecule has 1 saturated heterocycles. The van der Waals surface area contributed by atoms with Crippen LogP contribution in [0.2, 0.25) is 0 Å². The normalized spacial score (nSPS) is 21.9. The molecule has 2 unspecified atom stereocenters. The molecular weight excluding hydrogens is 252 g/mol. The molecule has 1 aliphatic rings. The van der Waals surface area contributed by atoms with E-state index in [1.54, 1.807) is 18.3 Å². The van der Waals surface area contributed by atoms with Gasteiger partial charge in [0.15, 0.2) is 6.10 Å². The predicted octanol–water partition coefficient (Wildman–Crippen LogP) is 0.661. The van der Waals surface area contributed by atoms with E-state index >= 15 is 0 Å². The Labute approximate surface area is 109 Å². The standard InChI is InChI=1S/C12H14N2O5/c1-18-11-7(3-2-6-13-11)14-10(15)8-4-5-9(19-8)12(16)17/h2-3,6,8-9H,4-5H2,1H3,(H,14,15)(H,16,17). The number of rotatable bonds is 4. The molecule has 2 atom stereocenters. The number of hydrogen-bond donors (Lipinski definition) is 2. The lowest BCUT2D eigenvalue weighted by atomic mass is 10.2. The van der Waals surface area contributed by atoms with Crippen LogP contribution in [0.15, 0.2) is 18.3 Å². The number of carbonyl (C=O) groups is 2. The maximum atomic E-state index is 11.9. The van der Waals surface area contributed by atoms with Crippen molar-refractivity contribution in [3.8, 4) is 5.88 Å². The van der Waals surface area contributed by atoms with Crippen molar-refractivity contribution >= 4 is 17.6 Å². The molecule has 2 heterocycles. The molecular formula is C12H14N2O5. The van der Waals surface area contributed by atoms with Gasteiger partial charge in [0.1, 0.15) is 11.8 Å². The van der Waals surface area contributed by atoms with E-state index in [0.717, 1.165) is 0 Å². The summed E-state index contributed by atoms with van der Waals surface area (Å²) in [4.78, 5) is 26.6. The number of hydrogen-bond acceptors (Lipinski definition) is 5. The molecule has 0 saturated carbocycles. The molecule has 7 nitrogen and oxygen atoms in total. The zero-order valence-corrected chi connectivity index (χ0v) is 10.3. The Balaban J connectivity index is 2.00. The summed E-state index contributed by atoms with van der Waals surface area (Å²) in [6.45, 7) is 0. The number of carbonyl (C=O) groups excluding carboxylic acids is 1. The summed E-state index contributed by atoms with van der Waals surface area (Å²) in [6.07, 6.45) is 0.585. The maximum absolute atomic E-state index is 11.9. The monoisotopic (exact) mass is 266 g/mol. The van der Waals surface area contributed by atoms with Gasteiger partial charge in [-0.25, -0.2) is 9.78 Å². The molecule has 1 amide bonds. The number of ether oxygens (including phenoxy) is 2. The summed E-state index contributed by atoms with van der Waals surface area (Å²) >= 11 is 0. The van der Waals surface area contributed by atoms with Crippen molar-refractivity contribution in [1.82, 2.24) is 4.98 Å². The van der Waals surface area contributed by atoms with Gasteiger partial charge in [-0.15, -0.1) is 0 Å². The zero-order chi connectivity index (χ0) is 13.8. The van der Waals surface area contributed by atoms with Crippen molar-refractivity contribution in [2.75, 3.05) is 12.4 Å². The molecule has 1 aromatic heterocycles. The van der Waals surface area contributed by atoms with E-state index in [2.05, 4.69) is 10.3 Å². The Bertz CT molecular complexity index is 491. The number of anilines is 1. The van der Waals surface area contributed by atoms with Gasteiger partial charge in [0.2, 0.25) is 5.88 Å². The highest BCUT2D eigenvalue weighted by Crippen LogP contribution is 2.24. The van der Waals surface area contributed by atoms with Gasteiger partial charge < -0.3 is 19.9 Å². The highest BCUT2D eigenvalue weighted by Gasteiger charge is 2.34. The van der Waals surface area contributed by atoms with Gasteiger partial charge in [0.25, 0.3) is 5.91 Å². The quantitative estimate of drug-likeness (QED) is 0.830. The van der Waals surface area contributed by atoms with Crippen LogP contribution < -0.4 is 10.1 Å². The fourth-order valence-corrected chi connectivity index (χ4v) is 1.87. The molecule has 0 aliphatic carbocycles. The smallest absolute Gasteiger partial charge is 0.332 e. The van der Waals surface area contributed by atoms with Crippen molar-refractivity contribution in [2.45, 2.75) is 25.0 Å². The number of amides is 1. The van der Waals surface area contributed by atoms with Crippen molar-refractivity contribution < 1.29 is 24.2 Å². The van der Waals surface area contributed by atoms with Crippen molar-refractivity contribution in [1.29, 1.82) is 0 Å². The first kappa shape index (κ1) is 13.3. The number of carboxylic acid groups (broad SMARTS) is 1. The first-order chi connectivity index (χ1) is 9.11. The first-order valence-electron chi connectivity index (χ1n) is 5.80. The van der Waals surface area contributed by atoms with Crippen LogP contribution in [-0.4, -0.2) is 41.3 Å². The lowest BCUT2D eigenvalue weighted by Crippen LogP contribution is -2.30.